The van der Waals surface area contributed by atoms with E-state index >= 15 is 0 Å². The predicted molar refractivity (Wildman–Crippen MR) is 65.2 cm³/mol. The smallest absolute Gasteiger partial charge is 0.182 e. The maximum Gasteiger partial charge on any atom is 0.182 e. The van der Waals surface area contributed by atoms with Crippen LogP contribution in [-0.2, 0) is 0 Å². The molecule has 0 saturated heterocycles. The van der Waals surface area contributed by atoms with Crippen LogP contribution < -0.4 is 11.1 Å². The molecule has 1 unspecified atom stereocenters. The van der Waals surface area contributed by atoms with Gasteiger partial charge in [0.05, 0.1) is 0 Å². The molecule has 17 heavy (non-hydrogen) atoms. The Hall–Kier alpha value is -1.67. The summed E-state index contributed by atoms with van der Waals surface area (Å²) in [5.41, 5.74) is 6.14. The number of anilines is 1. The summed E-state index contributed by atoms with van der Waals surface area (Å²) in [6, 6.07) is 2.23. The highest BCUT2D eigenvalue weighted by Gasteiger charge is 2.24. The molecular formula is C12H17N5. The zero-order valence-electron chi connectivity index (χ0n) is 9.76. The van der Waals surface area contributed by atoms with Crippen molar-refractivity contribution in [1.82, 2.24) is 9.97 Å². The van der Waals surface area contributed by atoms with Gasteiger partial charge in [0.15, 0.2) is 11.5 Å². The van der Waals surface area contributed by atoms with E-state index in [1.54, 1.807) is 6.20 Å². The Kier molecular flexibility index (Phi) is 3.89. The van der Waals surface area contributed by atoms with Crippen molar-refractivity contribution in [2.24, 2.45) is 11.7 Å². The summed E-state index contributed by atoms with van der Waals surface area (Å²) in [5, 5.41) is 12.2. The third-order valence-corrected chi connectivity index (χ3v) is 3.35. The van der Waals surface area contributed by atoms with Gasteiger partial charge in [-0.1, -0.05) is 12.8 Å². The molecule has 90 valence electrons. The van der Waals surface area contributed by atoms with Crippen LogP contribution in [0.1, 0.15) is 31.4 Å². The van der Waals surface area contributed by atoms with Crippen molar-refractivity contribution < 1.29 is 0 Å². The summed E-state index contributed by atoms with van der Waals surface area (Å²) in [7, 11) is 0. The minimum Gasteiger partial charge on any atom is -0.363 e. The second kappa shape index (κ2) is 5.60. The quantitative estimate of drug-likeness (QED) is 0.815. The largest absolute Gasteiger partial charge is 0.363 e. The summed E-state index contributed by atoms with van der Waals surface area (Å²) in [6.07, 6.45) is 8.07. The molecule has 2 rings (SSSR count). The molecule has 0 amide bonds. The molecule has 1 atom stereocenters. The lowest BCUT2D eigenvalue weighted by Gasteiger charge is -2.23. The predicted octanol–water partition coefficient (Wildman–Crippen LogP) is 1.28. The maximum absolute atomic E-state index is 8.95. The number of nitrogens with zero attached hydrogens (tertiary/aromatic N) is 3. The fourth-order valence-corrected chi connectivity index (χ4v) is 2.43. The van der Waals surface area contributed by atoms with Crippen molar-refractivity contribution in [3.05, 3.63) is 18.1 Å². The number of nitriles is 1. The van der Waals surface area contributed by atoms with Crippen LogP contribution in [0.4, 0.5) is 5.82 Å². The molecule has 0 spiro atoms. The topological polar surface area (TPSA) is 87.6 Å². The van der Waals surface area contributed by atoms with Gasteiger partial charge in [0.2, 0.25) is 0 Å². The molecule has 1 saturated carbocycles. The van der Waals surface area contributed by atoms with Gasteiger partial charge in [-0.2, -0.15) is 5.26 Å². The van der Waals surface area contributed by atoms with Crippen LogP contribution in [0.3, 0.4) is 0 Å². The Balaban J connectivity index is 2.10. The summed E-state index contributed by atoms with van der Waals surface area (Å²) in [6.45, 7) is 0.562. The highest BCUT2D eigenvalue weighted by Crippen LogP contribution is 2.29. The lowest BCUT2D eigenvalue weighted by Crippen LogP contribution is -2.35. The Morgan fingerprint density at radius 2 is 2.12 bits per heavy atom. The van der Waals surface area contributed by atoms with E-state index in [2.05, 4.69) is 15.3 Å². The average Bonchev–Trinajstić information content (AvgIpc) is 2.90. The second-order valence-corrected chi connectivity index (χ2v) is 4.40. The highest BCUT2D eigenvalue weighted by molar-refractivity contribution is 5.47. The number of aromatic nitrogens is 2. The minimum absolute atomic E-state index is 0.196. The van der Waals surface area contributed by atoms with Crippen LogP contribution in [0, 0.1) is 17.2 Å². The zero-order valence-corrected chi connectivity index (χ0v) is 9.76. The number of nitrogens with two attached hydrogens (primary N) is 1. The van der Waals surface area contributed by atoms with Crippen molar-refractivity contribution in [3.8, 4) is 6.07 Å². The first-order chi connectivity index (χ1) is 8.35. The molecule has 5 heteroatoms. The highest BCUT2D eigenvalue weighted by atomic mass is 15.1. The molecule has 1 aromatic rings. The first-order valence-corrected chi connectivity index (χ1v) is 6.03. The van der Waals surface area contributed by atoms with Crippen molar-refractivity contribution in [2.45, 2.75) is 31.7 Å². The van der Waals surface area contributed by atoms with Gasteiger partial charge in [0.25, 0.3) is 0 Å². The Morgan fingerprint density at radius 3 is 2.76 bits per heavy atom. The van der Waals surface area contributed by atoms with Gasteiger partial charge < -0.3 is 11.1 Å². The first-order valence-electron chi connectivity index (χ1n) is 6.03. The van der Waals surface area contributed by atoms with E-state index in [4.69, 9.17) is 11.0 Å². The summed E-state index contributed by atoms with van der Waals surface area (Å²) in [5.74, 6) is 1.14. The fourth-order valence-electron chi connectivity index (χ4n) is 2.43. The van der Waals surface area contributed by atoms with Crippen LogP contribution in [-0.4, -0.2) is 22.6 Å². The van der Waals surface area contributed by atoms with Crippen LogP contribution in [0.25, 0.3) is 0 Å². The number of hydrogen-bond acceptors (Lipinski definition) is 5. The van der Waals surface area contributed by atoms with Crippen molar-refractivity contribution in [2.75, 3.05) is 11.9 Å². The summed E-state index contributed by atoms with van der Waals surface area (Å²) < 4.78 is 0. The van der Waals surface area contributed by atoms with Crippen LogP contribution in [0.2, 0.25) is 0 Å². The van der Waals surface area contributed by atoms with E-state index in [1.807, 2.05) is 6.07 Å². The number of rotatable bonds is 4. The summed E-state index contributed by atoms with van der Waals surface area (Å²) in [4.78, 5) is 8.14. The van der Waals surface area contributed by atoms with Crippen LogP contribution >= 0.6 is 0 Å². The van der Waals surface area contributed by atoms with Gasteiger partial charge in [0.1, 0.15) is 6.07 Å². The zero-order chi connectivity index (χ0) is 12.1. The van der Waals surface area contributed by atoms with Crippen LogP contribution in [0.15, 0.2) is 12.4 Å². The standard InChI is InChI=1S/C12H17N5/c13-7-10(9-3-1-2-4-9)17-12-11(8-14)15-5-6-16-12/h5-6,9-10H,1-4,7,13H2,(H,16,17). The van der Waals surface area contributed by atoms with Gasteiger partial charge in [-0.05, 0) is 18.8 Å². The van der Waals surface area contributed by atoms with Gasteiger partial charge in [-0.15, -0.1) is 0 Å². The molecule has 1 fully saturated rings. The molecule has 0 bridgehead atoms. The molecule has 5 nitrogen and oxygen atoms in total. The molecule has 3 N–H and O–H groups in total. The van der Waals surface area contributed by atoms with E-state index in [9.17, 15) is 0 Å². The third kappa shape index (κ3) is 2.71. The van der Waals surface area contributed by atoms with E-state index in [-0.39, 0.29) is 6.04 Å². The Morgan fingerprint density at radius 1 is 1.41 bits per heavy atom. The van der Waals surface area contributed by atoms with Gasteiger partial charge in [0, 0.05) is 25.0 Å². The van der Waals surface area contributed by atoms with E-state index in [0.29, 0.717) is 24.0 Å². The van der Waals surface area contributed by atoms with Crippen molar-refractivity contribution in [3.63, 3.8) is 0 Å². The van der Waals surface area contributed by atoms with E-state index < -0.39 is 0 Å². The van der Waals surface area contributed by atoms with Gasteiger partial charge >= 0.3 is 0 Å². The Labute approximate surface area is 101 Å². The van der Waals surface area contributed by atoms with E-state index in [0.717, 1.165) is 0 Å². The van der Waals surface area contributed by atoms with Crippen molar-refractivity contribution >= 4 is 5.82 Å². The lowest BCUT2D eigenvalue weighted by molar-refractivity contribution is 0.461. The Bertz CT molecular complexity index is 406. The molecule has 0 aromatic carbocycles. The molecule has 1 aliphatic carbocycles. The second-order valence-electron chi connectivity index (χ2n) is 4.40. The summed E-state index contributed by atoms with van der Waals surface area (Å²) >= 11 is 0. The molecule has 1 aliphatic rings. The number of nitrogens with one attached hydrogen (secondary N) is 1. The van der Waals surface area contributed by atoms with Crippen LogP contribution in [0.5, 0.6) is 0 Å². The average molecular weight is 231 g/mol. The molecule has 0 aliphatic heterocycles. The monoisotopic (exact) mass is 231 g/mol. The number of hydrogen-bond donors (Lipinski definition) is 2. The normalized spacial score (nSPS) is 17.6. The first kappa shape index (κ1) is 11.8. The minimum atomic E-state index is 0.196. The molecular weight excluding hydrogens is 214 g/mol. The molecule has 1 aromatic heterocycles. The van der Waals surface area contributed by atoms with Gasteiger partial charge in [-0.25, -0.2) is 9.97 Å². The fraction of sp³-hybridized carbons (Fsp3) is 0.583. The molecule has 1 heterocycles. The molecule has 0 radical (unpaired) electrons. The van der Waals surface area contributed by atoms with E-state index in [1.165, 1.54) is 31.9 Å². The third-order valence-electron chi connectivity index (χ3n) is 3.35. The lowest BCUT2D eigenvalue weighted by atomic mass is 9.98. The maximum atomic E-state index is 8.95. The van der Waals surface area contributed by atoms with Gasteiger partial charge in [-0.3, -0.25) is 0 Å². The van der Waals surface area contributed by atoms with Crippen molar-refractivity contribution in [1.29, 1.82) is 5.26 Å². The SMILES string of the molecule is N#Cc1nccnc1NC(CN)C1CCCC1.